The first-order chi connectivity index (χ1) is 23.6. The maximum absolute atomic E-state index is 13.5. The van der Waals surface area contributed by atoms with Gasteiger partial charge in [0.1, 0.15) is 24.4 Å². The average Bonchev–Trinajstić information content (AvgIpc) is 3.13. The summed E-state index contributed by atoms with van der Waals surface area (Å²) in [5.74, 6) is 1.46. The summed E-state index contributed by atoms with van der Waals surface area (Å²) in [6, 6.07) is 39.7. The fraction of sp³-hybridized carbons (Fsp3) is 0.333. The summed E-state index contributed by atoms with van der Waals surface area (Å²) in [6.45, 7) is 5.19. The molecule has 48 heavy (non-hydrogen) atoms. The van der Waals surface area contributed by atoms with Gasteiger partial charge in [-0.2, -0.15) is 0 Å². The predicted octanol–water partition coefficient (Wildman–Crippen LogP) is 8.46. The van der Waals surface area contributed by atoms with Crippen molar-refractivity contribution in [3.8, 4) is 0 Å². The zero-order valence-electron chi connectivity index (χ0n) is 27.5. The lowest BCUT2D eigenvalue weighted by Gasteiger charge is -2.45. The quantitative estimate of drug-likeness (QED) is 0.0975. The molecule has 0 spiro atoms. The van der Waals surface area contributed by atoms with Crippen LogP contribution in [-0.2, 0) is 63.7 Å². The SMILES string of the molecule is CCOP(=O)(/C=C/[C@H]1OC(OCc2ccccc2)[C@@H](OCc2ccccc2)[C@@H](OCc2ccccc2)[C@@H]1OCc1ccccc1)OCC. The van der Waals surface area contributed by atoms with Crippen LogP contribution >= 0.6 is 7.60 Å². The summed E-state index contributed by atoms with van der Waals surface area (Å²) in [5, 5.41) is 0. The van der Waals surface area contributed by atoms with E-state index in [2.05, 4.69) is 0 Å². The molecule has 1 aliphatic rings. The Labute approximate surface area is 284 Å². The van der Waals surface area contributed by atoms with Gasteiger partial charge in [-0.3, -0.25) is 4.57 Å². The second-order valence-corrected chi connectivity index (χ2v) is 13.2. The number of rotatable bonds is 18. The second-order valence-electron chi connectivity index (χ2n) is 11.3. The minimum Gasteiger partial charge on any atom is -0.368 e. The molecule has 4 aromatic rings. The zero-order valence-corrected chi connectivity index (χ0v) is 28.4. The molecule has 1 aliphatic heterocycles. The topological polar surface area (TPSA) is 81.7 Å². The van der Waals surface area contributed by atoms with E-state index >= 15 is 0 Å². The van der Waals surface area contributed by atoms with Gasteiger partial charge < -0.3 is 32.7 Å². The lowest BCUT2D eigenvalue weighted by Crippen LogP contribution is -2.60. The third-order valence-electron chi connectivity index (χ3n) is 7.72. The number of hydrogen-bond acceptors (Lipinski definition) is 8. The van der Waals surface area contributed by atoms with Crippen molar-refractivity contribution in [3.63, 3.8) is 0 Å². The summed E-state index contributed by atoms with van der Waals surface area (Å²) in [5.41, 5.74) is 3.97. The highest BCUT2D eigenvalue weighted by Crippen LogP contribution is 2.50. The van der Waals surface area contributed by atoms with Crippen molar-refractivity contribution in [2.45, 2.75) is 71.0 Å². The van der Waals surface area contributed by atoms with Gasteiger partial charge in [-0.15, -0.1) is 0 Å². The Balaban J connectivity index is 1.51. The van der Waals surface area contributed by atoms with Crippen LogP contribution in [0.2, 0.25) is 0 Å². The summed E-state index contributed by atoms with van der Waals surface area (Å²) in [4.78, 5) is 0. The average molecular weight is 673 g/mol. The zero-order chi connectivity index (χ0) is 33.4. The van der Waals surface area contributed by atoms with E-state index in [1.165, 1.54) is 5.82 Å². The molecule has 0 saturated carbocycles. The number of benzene rings is 4. The van der Waals surface area contributed by atoms with E-state index in [4.69, 9.17) is 32.7 Å². The summed E-state index contributed by atoms with van der Waals surface area (Å²) in [7, 11) is -3.55. The van der Waals surface area contributed by atoms with Gasteiger partial charge >= 0.3 is 7.60 Å². The Bertz CT molecular complexity index is 1530. The molecule has 1 saturated heterocycles. The molecule has 0 bridgehead atoms. The van der Waals surface area contributed by atoms with Crippen LogP contribution in [0.1, 0.15) is 36.1 Å². The van der Waals surface area contributed by atoms with E-state index in [1.807, 2.05) is 121 Å². The normalized spacial score (nSPS) is 21.4. The molecule has 4 aromatic carbocycles. The predicted molar refractivity (Wildman–Crippen MR) is 185 cm³/mol. The molecular weight excluding hydrogens is 627 g/mol. The molecule has 0 aromatic heterocycles. The van der Waals surface area contributed by atoms with Gasteiger partial charge in [0.25, 0.3) is 0 Å². The van der Waals surface area contributed by atoms with Crippen molar-refractivity contribution in [1.29, 1.82) is 0 Å². The van der Waals surface area contributed by atoms with Gasteiger partial charge in [0.05, 0.1) is 39.6 Å². The van der Waals surface area contributed by atoms with E-state index < -0.39 is 38.3 Å². The summed E-state index contributed by atoms with van der Waals surface area (Å²) < 4.78 is 57.8. The molecule has 1 unspecified atom stereocenters. The Hall–Kier alpha value is -3.43. The van der Waals surface area contributed by atoms with Gasteiger partial charge in [0.15, 0.2) is 6.29 Å². The molecule has 5 atom stereocenters. The largest absolute Gasteiger partial charge is 0.368 e. The lowest BCUT2D eigenvalue weighted by molar-refractivity contribution is -0.317. The van der Waals surface area contributed by atoms with Crippen LogP contribution in [0.4, 0.5) is 0 Å². The molecule has 9 heteroatoms. The standard InChI is InChI=1S/C39H45O8P/c1-3-45-48(40,46-4-2)26-25-35-36(41-27-31-17-9-5-10-18-31)37(42-28-32-19-11-6-12-20-32)38(43-29-33-21-13-7-14-22-33)39(47-35)44-30-34-23-15-8-16-24-34/h5-26,35-39H,3-4,27-30H2,1-2H3/b26-25+/t35-,36-,37+,38+,39?/m1/s1. The van der Waals surface area contributed by atoms with Gasteiger partial charge in [-0.05, 0) is 42.2 Å². The van der Waals surface area contributed by atoms with E-state index in [0.29, 0.717) is 19.8 Å². The Kier molecular flexibility index (Phi) is 14.2. The highest BCUT2D eigenvalue weighted by molar-refractivity contribution is 7.57. The fourth-order valence-electron chi connectivity index (χ4n) is 5.41. The molecule has 1 fully saturated rings. The fourth-order valence-corrected chi connectivity index (χ4v) is 6.75. The molecule has 254 valence electrons. The van der Waals surface area contributed by atoms with Gasteiger partial charge in [0.2, 0.25) is 0 Å². The molecular formula is C39H45O8P. The molecule has 0 N–H and O–H groups in total. The van der Waals surface area contributed by atoms with Crippen LogP contribution in [0.5, 0.6) is 0 Å². The van der Waals surface area contributed by atoms with Crippen LogP contribution in [0, 0.1) is 0 Å². The van der Waals surface area contributed by atoms with Crippen LogP contribution < -0.4 is 0 Å². The summed E-state index contributed by atoms with van der Waals surface area (Å²) in [6.07, 6.45) is -1.94. The molecule has 0 aliphatic carbocycles. The maximum Gasteiger partial charge on any atom is 0.353 e. The molecule has 0 amide bonds. The first-order valence-electron chi connectivity index (χ1n) is 16.4. The van der Waals surface area contributed by atoms with Crippen molar-refractivity contribution >= 4 is 7.60 Å². The van der Waals surface area contributed by atoms with Crippen molar-refractivity contribution in [2.24, 2.45) is 0 Å². The molecule has 1 heterocycles. The van der Waals surface area contributed by atoms with Crippen molar-refractivity contribution in [1.82, 2.24) is 0 Å². The molecule has 8 nitrogen and oxygen atoms in total. The van der Waals surface area contributed by atoms with Crippen LogP contribution in [0.15, 0.2) is 133 Å². The van der Waals surface area contributed by atoms with E-state index in [-0.39, 0.29) is 19.8 Å². The van der Waals surface area contributed by atoms with Crippen molar-refractivity contribution in [2.75, 3.05) is 13.2 Å². The maximum atomic E-state index is 13.5. The Morgan fingerprint density at radius 1 is 0.542 bits per heavy atom. The minimum atomic E-state index is -3.55. The summed E-state index contributed by atoms with van der Waals surface area (Å²) >= 11 is 0. The number of ether oxygens (including phenoxy) is 5. The lowest BCUT2D eigenvalue weighted by atomic mass is 9.97. The van der Waals surface area contributed by atoms with Crippen molar-refractivity contribution < 1.29 is 37.3 Å². The van der Waals surface area contributed by atoms with Gasteiger partial charge in [-0.1, -0.05) is 121 Å². The van der Waals surface area contributed by atoms with Gasteiger partial charge in [-0.25, -0.2) is 0 Å². The molecule has 0 radical (unpaired) electrons. The van der Waals surface area contributed by atoms with Crippen LogP contribution in [-0.4, -0.2) is 43.9 Å². The highest BCUT2D eigenvalue weighted by Gasteiger charge is 2.48. The first-order valence-corrected chi connectivity index (χ1v) is 18.0. The van der Waals surface area contributed by atoms with E-state index in [1.54, 1.807) is 19.9 Å². The second kappa shape index (κ2) is 18.9. The highest BCUT2D eigenvalue weighted by atomic mass is 31.2. The Morgan fingerprint density at radius 3 is 1.33 bits per heavy atom. The van der Waals surface area contributed by atoms with Crippen LogP contribution in [0.25, 0.3) is 0 Å². The van der Waals surface area contributed by atoms with Crippen molar-refractivity contribution in [3.05, 3.63) is 155 Å². The smallest absolute Gasteiger partial charge is 0.353 e. The van der Waals surface area contributed by atoms with Gasteiger partial charge in [0, 0.05) is 5.82 Å². The third kappa shape index (κ3) is 10.8. The van der Waals surface area contributed by atoms with E-state index in [0.717, 1.165) is 22.3 Å². The Morgan fingerprint density at radius 2 is 0.917 bits per heavy atom. The molecule has 5 rings (SSSR count). The first kappa shape index (κ1) is 35.9. The third-order valence-corrected chi connectivity index (χ3v) is 9.49. The van der Waals surface area contributed by atoms with Crippen LogP contribution in [0.3, 0.4) is 0 Å². The monoisotopic (exact) mass is 672 g/mol. The minimum absolute atomic E-state index is 0.224. The van der Waals surface area contributed by atoms with E-state index in [9.17, 15) is 4.57 Å². The number of hydrogen-bond donors (Lipinski definition) is 0.